The normalized spacial score (nSPS) is 30.6. The van der Waals surface area contributed by atoms with Gasteiger partial charge in [0, 0.05) is 0 Å². The molecule has 1 nitrogen and oxygen atoms in total. The van der Waals surface area contributed by atoms with Crippen molar-refractivity contribution in [3.8, 4) is 0 Å². The van der Waals surface area contributed by atoms with Gasteiger partial charge < -0.3 is 5.11 Å². The Labute approximate surface area is 91.2 Å². The first kappa shape index (κ1) is 11.7. The van der Waals surface area contributed by atoms with Crippen molar-refractivity contribution in [2.24, 2.45) is 5.92 Å². The molecule has 11 heavy (non-hydrogen) atoms. The van der Waals surface area contributed by atoms with Gasteiger partial charge in [-0.05, 0) is 6.42 Å². The molecule has 0 bridgehead atoms. The van der Waals surface area contributed by atoms with Gasteiger partial charge in [-0.2, -0.15) is 0 Å². The molecule has 1 saturated carbocycles. The summed E-state index contributed by atoms with van der Waals surface area (Å²) in [4.78, 5) is 0. The SMILES string of the molecule is C=CCC1CCCCC1[O-].[Na+]. The van der Waals surface area contributed by atoms with Crippen LogP contribution in [-0.2, 0) is 0 Å². The molecule has 0 aliphatic heterocycles. The zero-order valence-corrected chi connectivity index (χ0v) is 9.38. The summed E-state index contributed by atoms with van der Waals surface area (Å²) in [5.41, 5.74) is 0. The standard InChI is InChI=1S/C9H15O.Na/c1-2-5-8-6-3-4-7-9(8)10;/h2,8-9H,1,3-7H2;/q-1;+1. The monoisotopic (exact) mass is 162 g/mol. The van der Waals surface area contributed by atoms with Crippen molar-refractivity contribution in [2.45, 2.75) is 38.2 Å². The van der Waals surface area contributed by atoms with E-state index in [1.165, 1.54) is 6.42 Å². The second kappa shape index (κ2) is 6.24. The quantitative estimate of drug-likeness (QED) is 0.357. The fraction of sp³-hybridized carbons (Fsp3) is 0.778. The molecule has 0 aromatic heterocycles. The maximum atomic E-state index is 11.2. The van der Waals surface area contributed by atoms with Gasteiger partial charge in [0.1, 0.15) is 0 Å². The average molecular weight is 162 g/mol. The van der Waals surface area contributed by atoms with Gasteiger partial charge in [0.15, 0.2) is 0 Å². The van der Waals surface area contributed by atoms with Crippen molar-refractivity contribution < 1.29 is 34.7 Å². The number of hydrogen-bond acceptors (Lipinski definition) is 1. The minimum Gasteiger partial charge on any atom is -0.852 e. The van der Waals surface area contributed by atoms with E-state index in [1.54, 1.807) is 0 Å². The Kier molecular flexibility index (Phi) is 6.64. The Bertz CT molecular complexity index is 114. The molecule has 0 aromatic carbocycles. The molecule has 0 saturated heterocycles. The molecule has 58 valence electrons. The maximum absolute atomic E-state index is 11.2. The van der Waals surface area contributed by atoms with Crippen LogP contribution in [0.5, 0.6) is 0 Å². The Morgan fingerprint density at radius 2 is 2.00 bits per heavy atom. The average Bonchev–Trinajstić information content (AvgIpc) is 1.94. The molecule has 2 atom stereocenters. The Morgan fingerprint density at radius 1 is 1.36 bits per heavy atom. The van der Waals surface area contributed by atoms with Crippen LogP contribution in [0.4, 0.5) is 0 Å². The molecule has 1 aliphatic carbocycles. The van der Waals surface area contributed by atoms with Gasteiger partial charge >= 0.3 is 29.6 Å². The van der Waals surface area contributed by atoms with E-state index >= 15 is 0 Å². The third-order valence-corrected chi connectivity index (χ3v) is 2.31. The number of allylic oxidation sites excluding steroid dienone is 1. The van der Waals surface area contributed by atoms with Gasteiger partial charge in [0.05, 0.1) is 0 Å². The Morgan fingerprint density at radius 3 is 2.55 bits per heavy atom. The van der Waals surface area contributed by atoms with Crippen LogP contribution in [0.1, 0.15) is 32.1 Å². The van der Waals surface area contributed by atoms with E-state index in [1.807, 2.05) is 6.08 Å². The molecule has 0 radical (unpaired) electrons. The molecule has 0 heterocycles. The second-order valence-electron chi connectivity index (χ2n) is 3.11. The molecule has 2 unspecified atom stereocenters. The molecule has 1 aliphatic rings. The molecule has 1 rings (SSSR count). The molecule has 1 fully saturated rings. The van der Waals surface area contributed by atoms with Gasteiger partial charge in [-0.1, -0.05) is 37.7 Å². The van der Waals surface area contributed by atoms with Crippen LogP contribution in [0, 0.1) is 5.92 Å². The summed E-state index contributed by atoms with van der Waals surface area (Å²) in [6.45, 7) is 3.65. The summed E-state index contributed by atoms with van der Waals surface area (Å²) < 4.78 is 0. The van der Waals surface area contributed by atoms with E-state index in [4.69, 9.17) is 0 Å². The molecule has 0 N–H and O–H groups in total. The van der Waals surface area contributed by atoms with E-state index in [9.17, 15) is 5.11 Å². The Hall–Kier alpha value is 0.700. The van der Waals surface area contributed by atoms with Crippen molar-refractivity contribution in [2.75, 3.05) is 0 Å². The Balaban J connectivity index is 0.000001000. The largest absolute Gasteiger partial charge is 1.00 e. The van der Waals surface area contributed by atoms with Crippen LogP contribution in [-0.4, -0.2) is 6.10 Å². The second-order valence-corrected chi connectivity index (χ2v) is 3.11. The third-order valence-electron chi connectivity index (χ3n) is 2.31. The molecular formula is C9H15NaO. The van der Waals surface area contributed by atoms with Crippen molar-refractivity contribution in [1.29, 1.82) is 0 Å². The van der Waals surface area contributed by atoms with Gasteiger partial charge in [0.2, 0.25) is 0 Å². The molecule has 0 aromatic rings. The summed E-state index contributed by atoms with van der Waals surface area (Å²) in [7, 11) is 0. The van der Waals surface area contributed by atoms with Crippen LogP contribution in [0.2, 0.25) is 0 Å². The molecular weight excluding hydrogens is 147 g/mol. The first-order chi connectivity index (χ1) is 4.84. The first-order valence-corrected chi connectivity index (χ1v) is 4.11. The van der Waals surface area contributed by atoms with Crippen LogP contribution in [0.3, 0.4) is 0 Å². The van der Waals surface area contributed by atoms with Crippen LogP contribution < -0.4 is 34.7 Å². The third kappa shape index (κ3) is 3.75. The van der Waals surface area contributed by atoms with Gasteiger partial charge in [0.25, 0.3) is 0 Å². The van der Waals surface area contributed by atoms with E-state index in [0.717, 1.165) is 25.7 Å². The zero-order valence-electron chi connectivity index (χ0n) is 7.38. The van der Waals surface area contributed by atoms with Crippen LogP contribution in [0.15, 0.2) is 12.7 Å². The molecule has 0 amide bonds. The summed E-state index contributed by atoms with van der Waals surface area (Å²) in [6, 6.07) is 0. The fourth-order valence-corrected chi connectivity index (χ4v) is 1.66. The van der Waals surface area contributed by atoms with E-state index in [2.05, 4.69) is 6.58 Å². The number of rotatable bonds is 2. The van der Waals surface area contributed by atoms with E-state index < -0.39 is 0 Å². The van der Waals surface area contributed by atoms with Crippen molar-refractivity contribution >= 4 is 0 Å². The van der Waals surface area contributed by atoms with Crippen LogP contribution in [0.25, 0.3) is 0 Å². The maximum Gasteiger partial charge on any atom is 1.00 e. The molecule has 0 spiro atoms. The van der Waals surface area contributed by atoms with E-state index in [-0.39, 0.29) is 35.7 Å². The predicted octanol–water partition coefficient (Wildman–Crippen LogP) is -1.51. The number of hydrogen-bond donors (Lipinski definition) is 0. The smallest absolute Gasteiger partial charge is 0.852 e. The van der Waals surface area contributed by atoms with Gasteiger partial charge in [-0.3, -0.25) is 0 Å². The van der Waals surface area contributed by atoms with E-state index in [0.29, 0.717) is 5.92 Å². The fourth-order valence-electron chi connectivity index (χ4n) is 1.66. The topological polar surface area (TPSA) is 23.1 Å². The summed E-state index contributed by atoms with van der Waals surface area (Å²) in [5, 5.41) is 11.2. The van der Waals surface area contributed by atoms with Crippen LogP contribution >= 0.6 is 0 Å². The van der Waals surface area contributed by atoms with Gasteiger partial charge in [-0.25, -0.2) is 0 Å². The minimum atomic E-state index is -0.299. The molecule has 2 heteroatoms. The predicted molar refractivity (Wildman–Crippen MR) is 40.6 cm³/mol. The van der Waals surface area contributed by atoms with Gasteiger partial charge in [-0.15, -0.1) is 12.7 Å². The summed E-state index contributed by atoms with van der Waals surface area (Å²) >= 11 is 0. The summed E-state index contributed by atoms with van der Waals surface area (Å²) in [6.07, 6.45) is 6.90. The summed E-state index contributed by atoms with van der Waals surface area (Å²) in [5.74, 6) is 0.395. The zero-order chi connectivity index (χ0) is 7.40. The van der Waals surface area contributed by atoms with Crippen molar-refractivity contribution in [3.05, 3.63) is 12.7 Å². The van der Waals surface area contributed by atoms with Crippen molar-refractivity contribution in [3.63, 3.8) is 0 Å². The van der Waals surface area contributed by atoms with Crippen molar-refractivity contribution in [1.82, 2.24) is 0 Å². The first-order valence-electron chi connectivity index (χ1n) is 4.11. The minimum absolute atomic E-state index is 0.